The minimum atomic E-state index is -3.42. The van der Waals surface area contributed by atoms with E-state index in [0.717, 1.165) is 18.4 Å². The molecule has 1 aromatic carbocycles. The van der Waals surface area contributed by atoms with E-state index in [-0.39, 0.29) is 0 Å². The molecule has 6 heteroatoms. The Kier molecular flexibility index (Phi) is 5.75. The van der Waals surface area contributed by atoms with Crippen LogP contribution in [0.25, 0.3) is 0 Å². The molecule has 0 saturated carbocycles. The van der Waals surface area contributed by atoms with Gasteiger partial charge >= 0.3 is 0 Å². The van der Waals surface area contributed by atoms with Gasteiger partial charge in [0, 0.05) is 32.7 Å². The highest BCUT2D eigenvalue weighted by Gasteiger charge is 2.31. The van der Waals surface area contributed by atoms with Crippen molar-refractivity contribution < 1.29 is 8.42 Å². The van der Waals surface area contributed by atoms with Crippen molar-refractivity contribution in [1.29, 1.82) is 0 Å². The van der Waals surface area contributed by atoms with E-state index >= 15 is 0 Å². The van der Waals surface area contributed by atoms with Crippen molar-refractivity contribution in [3.05, 3.63) is 35.9 Å². The molecule has 118 valence electrons. The van der Waals surface area contributed by atoms with Gasteiger partial charge < -0.3 is 5.73 Å². The van der Waals surface area contributed by atoms with Gasteiger partial charge in [-0.3, -0.25) is 0 Å². The molecule has 0 radical (unpaired) electrons. The van der Waals surface area contributed by atoms with Crippen LogP contribution in [0.4, 0.5) is 0 Å². The molecule has 1 aromatic rings. The van der Waals surface area contributed by atoms with Gasteiger partial charge in [-0.25, -0.2) is 0 Å². The van der Waals surface area contributed by atoms with Crippen LogP contribution >= 0.6 is 0 Å². The number of hydrogen-bond donors (Lipinski definition) is 1. The van der Waals surface area contributed by atoms with Crippen LogP contribution in [0.5, 0.6) is 0 Å². The molecular formula is C15H25N3O2S. The zero-order valence-electron chi connectivity index (χ0n) is 12.6. The Hall–Kier alpha value is -0.950. The standard InChI is InChI=1S/C15H25N3O2S/c1-14-7-10-17(11-8-14)21(19,20)18(12-9-16)13-15-5-3-2-4-6-15/h2-6,14H,7-13,16H2,1H3. The molecule has 2 rings (SSSR count). The number of rotatable bonds is 6. The number of nitrogens with zero attached hydrogens (tertiary/aromatic N) is 2. The topological polar surface area (TPSA) is 66.6 Å². The summed E-state index contributed by atoms with van der Waals surface area (Å²) in [5, 5.41) is 0. The van der Waals surface area contributed by atoms with E-state index in [1.165, 1.54) is 4.31 Å². The maximum atomic E-state index is 12.8. The summed E-state index contributed by atoms with van der Waals surface area (Å²) in [6.07, 6.45) is 1.86. The molecular weight excluding hydrogens is 286 g/mol. The van der Waals surface area contributed by atoms with Crippen molar-refractivity contribution in [3.63, 3.8) is 0 Å². The van der Waals surface area contributed by atoms with Gasteiger partial charge in [0.15, 0.2) is 0 Å². The fraction of sp³-hybridized carbons (Fsp3) is 0.600. The number of nitrogens with two attached hydrogens (primary N) is 1. The van der Waals surface area contributed by atoms with Gasteiger partial charge in [0.2, 0.25) is 0 Å². The second-order valence-corrected chi connectivity index (χ2v) is 7.63. The van der Waals surface area contributed by atoms with E-state index in [1.807, 2.05) is 30.3 Å². The Bertz CT molecular complexity index is 525. The first-order valence-electron chi connectivity index (χ1n) is 7.53. The quantitative estimate of drug-likeness (QED) is 0.864. The largest absolute Gasteiger partial charge is 0.329 e. The van der Waals surface area contributed by atoms with Gasteiger partial charge in [-0.15, -0.1) is 0 Å². The molecule has 0 aromatic heterocycles. The van der Waals surface area contributed by atoms with Crippen molar-refractivity contribution >= 4 is 10.2 Å². The molecule has 21 heavy (non-hydrogen) atoms. The molecule has 1 heterocycles. The lowest BCUT2D eigenvalue weighted by Gasteiger charge is -2.34. The summed E-state index contributed by atoms with van der Waals surface area (Å²) < 4.78 is 28.7. The van der Waals surface area contributed by atoms with Gasteiger partial charge in [-0.1, -0.05) is 37.3 Å². The van der Waals surface area contributed by atoms with Gasteiger partial charge in [0.05, 0.1) is 0 Å². The van der Waals surface area contributed by atoms with Crippen LogP contribution in [0.1, 0.15) is 25.3 Å². The van der Waals surface area contributed by atoms with E-state index in [0.29, 0.717) is 38.6 Å². The van der Waals surface area contributed by atoms with E-state index in [9.17, 15) is 8.42 Å². The first-order chi connectivity index (χ1) is 10.0. The molecule has 0 spiro atoms. The Labute approximate surface area is 127 Å². The van der Waals surface area contributed by atoms with Crippen molar-refractivity contribution in [2.45, 2.75) is 26.3 Å². The molecule has 5 nitrogen and oxygen atoms in total. The molecule has 1 saturated heterocycles. The van der Waals surface area contributed by atoms with Gasteiger partial charge in [-0.05, 0) is 24.3 Å². The van der Waals surface area contributed by atoms with Gasteiger partial charge in [-0.2, -0.15) is 17.0 Å². The SMILES string of the molecule is CC1CCN(S(=O)(=O)N(CCN)Cc2ccccc2)CC1. The fourth-order valence-electron chi connectivity index (χ4n) is 2.59. The van der Waals surface area contributed by atoms with Crippen LogP contribution in [0.15, 0.2) is 30.3 Å². The molecule has 1 aliphatic rings. The fourth-order valence-corrected chi connectivity index (χ4v) is 4.23. The average molecular weight is 311 g/mol. The Balaban J connectivity index is 2.12. The molecule has 2 N–H and O–H groups in total. The summed E-state index contributed by atoms with van der Waals surface area (Å²) in [6.45, 7) is 4.45. The maximum Gasteiger partial charge on any atom is 0.282 e. The smallest absolute Gasteiger partial charge is 0.282 e. The summed E-state index contributed by atoms with van der Waals surface area (Å²) in [4.78, 5) is 0. The minimum Gasteiger partial charge on any atom is -0.329 e. The van der Waals surface area contributed by atoms with Crippen molar-refractivity contribution in [1.82, 2.24) is 8.61 Å². The molecule has 0 amide bonds. The van der Waals surface area contributed by atoms with E-state index < -0.39 is 10.2 Å². The monoisotopic (exact) mass is 311 g/mol. The number of hydrogen-bond acceptors (Lipinski definition) is 3. The molecule has 0 unspecified atom stereocenters. The van der Waals surface area contributed by atoms with Gasteiger partial charge in [0.1, 0.15) is 0 Å². The van der Waals surface area contributed by atoms with Crippen LogP contribution in [0.2, 0.25) is 0 Å². The summed E-state index contributed by atoms with van der Waals surface area (Å²) in [7, 11) is -3.42. The van der Waals surface area contributed by atoms with Crippen molar-refractivity contribution in [2.75, 3.05) is 26.2 Å². The van der Waals surface area contributed by atoms with E-state index in [4.69, 9.17) is 5.73 Å². The first kappa shape index (κ1) is 16.4. The normalized spacial score (nSPS) is 18.2. The zero-order valence-corrected chi connectivity index (χ0v) is 13.4. The average Bonchev–Trinajstić information content (AvgIpc) is 2.48. The molecule has 0 aliphatic carbocycles. The van der Waals surface area contributed by atoms with Crippen molar-refractivity contribution in [3.8, 4) is 0 Å². The lowest BCUT2D eigenvalue weighted by atomic mass is 10.0. The second kappa shape index (κ2) is 7.35. The third-order valence-electron chi connectivity index (χ3n) is 3.98. The minimum absolute atomic E-state index is 0.330. The summed E-state index contributed by atoms with van der Waals surface area (Å²) >= 11 is 0. The van der Waals surface area contributed by atoms with Crippen LogP contribution in [-0.2, 0) is 16.8 Å². The first-order valence-corrected chi connectivity index (χ1v) is 8.93. The highest BCUT2D eigenvalue weighted by molar-refractivity contribution is 7.86. The van der Waals surface area contributed by atoms with Crippen molar-refractivity contribution in [2.24, 2.45) is 11.7 Å². The third kappa shape index (κ3) is 4.26. The van der Waals surface area contributed by atoms with Gasteiger partial charge in [0.25, 0.3) is 10.2 Å². The number of piperidine rings is 1. The van der Waals surface area contributed by atoms with E-state index in [1.54, 1.807) is 4.31 Å². The highest BCUT2D eigenvalue weighted by atomic mass is 32.2. The lowest BCUT2D eigenvalue weighted by molar-refractivity contribution is 0.263. The lowest BCUT2D eigenvalue weighted by Crippen LogP contribution is -2.48. The van der Waals surface area contributed by atoms with Crippen LogP contribution in [0, 0.1) is 5.92 Å². The summed E-state index contributed by atoms with van der Waals surface area (Å²) in [5.41, 5.74) is 6.59. The summed E-state index contributed by atoms with van der Waals surface area (Å²) in [5.74, 6) is 0.605. The predicted molar refractivity (Wildman–Crippen MR) is 84.8 cm³/mol. The maximum absolute atomic E-state index is 12.8. The van der Waals surface area contributed by atoms with Crippen LogP contribution in [-0.4, -0.2) is 43.2 Å². The Morgan fingerprint density at radius 2 is 1.86 bits per heavy atom. The Morgan fingerprint density at radius 3 is 2.43 bits per heavy atom. The molecule has 0 bridgehead atoms. The summed E-state index contributed by atoms with van der Waals surface area (Å²) in [6, 6.07) is 9.65. The third-order valence-corrected chi connectivity index (χ3v) is 5.96. The van der Waals surface area contributed by atoms with E-state index in [2.05, 4.69) is 6.92 Å². The molecule has 1 aliphatic heterocycles. The van der Waals surface area contributed by atoms with Crippen LogP contribution < -0.4 is 5.73 Å². The second-order valence-electron chi connectivity index (χ2n) is 5.70. The predicted octanol–water partition coefficient (Wildman–Crippen LogP) is 1.42. The highest BCUT2D eigenvalue weighted by Crippen LogP contribution is 2.21. The van der Waals surface area contributed by atoms with Crippen LogP contribution in [0.3, 0.4) is 0 Å². The zero-order chi connectivity index (χ0) is 15.3. The molecule has 0 atom stereocenters. The Morgan fingerprint density at radius 1 is 1.24 bits per heavy atom. The number of benzene rings is 1. The molecule has 1 fully saturated rings.